The van der Waals surface area contributed by atoms with Crippen LogP contribution in [0.15, 0.2) is 71.6 Å². The minimum Gasteiger partial charge on any atom is -0.489 e. The van der Waals surface area contributed by atoms with Crippen LogP contribution in [0, 0.1) is 10.1 Å². The monoisotopic (exact) mass is 514 g/mol. The van der Waals surface area contributed by atoms with Crippen molar-refractivity contribution in [2.24, 2.45) is 0 Å². The van der Waals surface area contributed by atoms with Crippen LogP contribution in [0.4, 0.5) is 10.5 Å². The molecule has 0 aliphatic carbocycles. The molecule has 3 aromatic rings. The van der Waals surface area contributed by atoms with E-state index in [2.05, 4.69) is 0 Å². The molecule has 1 aliphatic rings. The van der Waals surface area contributed by atoms with Gasteiger partial charge in [-0.2, -0.15) is 0 Å². The SMILES string of the molecule is O=C1S/C(=C\c2ccc(OCc3ccc(Cl)c(Cl)c3)cc2)C(=O)N1Cc1ccc([N+](=O)[O-])cc1. The van der Waals surface area contributed by atoms with E-state index >= 15 is 0 Å². The average Bonchev–Trinajstić information content (AvgIpc) is 3.08. The smallest absolute Gasteiger partial charge is 0.293 e. The van der Waals surface area contributed by atoms with Gasteiger partial charge < -0.3 is 4.74 Å². The van der Waals surface area contributed by atoms with E-state index in [9.17, 15) is 19.7 Å². The summed E-state index contributed by atoms with van der Waals surface area (Å²) in [6, 6.07) is 18.1. The van der Waals surface area contributed by atoms with Gasteiger partial charge in [0.25, 0.3) is 16.8 Å². The molecule has 7 nitrogen and oxygen atoms in total. The van der Waals surface area contributed by atoms with E-state index in [4.69, 9.17) is 27.9 Å². The summed E-state index contributed by atoms with van der Waals surface area (Å²) in [5.74, 6) is 0.225. The van der Waals surface area contributed by atoms with Crippen LogP contribution in [0.3, 0.4) is 0 Å². The van der Waals surface area contributed by atoms with Crippen molar-refractivity contribution in [2.45, 2.75) is 13.2 Å². The lowest BCUT2D eigenvalue weighted by Crippen LogP contribution is -2.27. The Labute approximate surface area is 209 Å². The van der Waals surface area contributed by atoms with Gasteiger partial charge in [-0.05, 0) is 58.8 Å². The fourth-order valence-corrected chi connectivity index (χ4v) is 4.31. The zero-order valence-corrected chi connectivity index (χ0v) is 19.8. The van der Waals surface area contributed by atoms with Crippen molar-refractivity contribution in [2.75, 3.05) is 0 Å². The van der Waals surface area contributed by atoms with Crippen LogP contribution in [0.5, 0.6) is 5.75 Å². The number of carbonyl (C=O) groups is 2. The summed E-state index contributed by atoms with van der Waals surface area (Å²) in [4.78, 5) is 36.8. The first-order valence-electron chi connectivity index (χ1n) is 9.95. The summed E-state index contributed by atoms with van der Waals surface area (Å²) >= 11 is 12.8. The lowest BCUT2D eigenvalue weighted by atomic mass is 10.2. The number of nitro benzene ring substituents is 1. The topological polar surface area (TPSA) is 89.8 Å². The number of thioether (sulfide) groups is 1. The van der Waals surface area contributed by atoms with Crippen molar-refractivity contribution in [1.82, 2.24) is 4.90 Å². The third kappa shape index (κ3) is 5.59. The highest BCUT2D eigenvalue weighted by atomic mass is 35.5. The van der Waals surface area contributed by atoms with Crippen LogP contribution in [0.1, 0.15) is 16.7 Å². The third-order valence-corrected chi connectivity index (χ3v) is 6.58. The highest BCUT2D eigenvalue weighted by Crippen LogP contribution is 2.33. The third-order valence-electron chi connectivity index (χ3n) is 4.93. The second-order valence-electron chi connectivity index (χ2n) is 7.30. The van der Waals surface area contributed by atoms with Crippen molar-refractivity contribution in [3.05, 3.63) is 108 Å². The van der Waals surface area contributed by atoms with Gasteiger partial charge in [0.15, 0.2) is 0 Å². The molecule has 0 atom stereocenters. The molecule has 0 spiro atoms. The summed E-state index contributed by atoms with van der Waals surface area (Å²) in [5.41, 5.74) is 2.18. The number of non-ortho nitro benzene ring substituents is 1. The molecule has 1 heterocycles. The number of rotatable bonds is 7. The van der Waals surface area contributed by atoms with Gasteiger partial charge in [0.2, 0.25) is 0 Å². The van der Waals surface area contributed by atoms with Gasteiger partial charge in [0.1, 0.15) is 12.4 Å². The minimum absolute atomic E-state index is 0.0431. The number of hydrogen-bond acceptors (Lipinski definition) is 6. The molecule has 172 valence electrons. The number of nitrogens with zero attached hydrogens (tertiary/aromatic N) is 2. The molecule has 2 amide bonds. The second kappa shape index (κ2) is 10.3. The van der Waals surface area contributed by atoms with E-state index in [0.717, 1.165) is 27.8 Å². The van der Waals surface area contributed by atoms with Gasteiger partial charge in [-0.3, -0.25) is 24.6 Å². The molecule has 34 heavy (non-hydrogen) atoms. The van der Waals surface area contributed by atoms with Crippen molar-refractivity contribution in [3.63, 3.8) is 0 Å². The van der Waals surface area contributed by atoms with Crippen LogP contribution < -0.4 is 4.74 Å². The summed E-state index contributed by atoms with van der Waals surface area (Å²) < 4.78 is 5.76. The Morgan fingerprint density at radius 1 is 0.941 bits per heavy atom. The average molecular weight is 515 g/mol. The molecule has 3 aromatic carbocycles. The van der Waals surface area contributed by atoms with Crippen molar-refractivity contribution < 1.29 is 19.2 Å². The lowest BCUT2D eigenvalue weighted by Gasteiger charge is -2.12. The van der Waals surface area contributed by atoms with Gasteiger partial charge in [0.05, 0.1) is 26.4 Å². The van der Waals surface area contributed by atoms with Crippen molar-refractivity contribution in [3.8, 4) is 5.75 Å². The molecule has 1 aliphatic heterocycles. The standard InChI is InChI=1S/C24H16Cl2N2O5S/c25-20-10-5-17(11-21(20)26)14-33-19-8-3-15(4-9-19)12-22-23(29)27(24(30)34-22)13-16-1-6-18(7-2-16)28(31)32/h1-12H,13-14H2/b22-12-. The molecule has 0 saturated carbocycles. The van der Waals surface area contributed by atoms with E-state index in [1.54, 1.807) is 42.5 Å². The zero-order chi connectivity index (χ0) is 24.2. The van der Waals surface area contributed by atoms with Gasteiger partial charge in [-0.25, -0.2) is 0 Å². The lowest BCUT2D eigenvalue weighted by molar-refractivity contribution is -0.384. The Bertz CT molecular complexity index is 1290. The van der Waals surface area contributed by atoms with Crippen LogP contribution in [-0.2, 0) is 17.9 Å². The highest BCUT2D eigenvalue weighted by Gasteiger charge is 2.35. The zero-order valence-electron chi connectivity index (χ0n) is 17.4. The molecule has 4 rings (SSSR count). The first-order chi connectivity index (χ1) is 16.3. The fraction of sp³-hybridized carbons (Fsp3) is 0.0833. The van der Waals surface area contributed by atoms with E-state index in [-0.39, 0.29) is 12.2 Å². The van der Waals surface area contributed by atoms with E-state index in [1.807, 2.05) is 6.07 Å². The van der Waals surface area contributed by atoms with E-state index in [0.29, 0.717) is 32.9 Å². The maximum Gasteiger partial charge on any atom is 0.293 e. The number of imide groups is 1. The molecule has 0 aromatic heterocycles. The van der Waals surface area contributed by atoms with Crippen LogP contribution in [0.2, 0.25) is 10.0 Å². The second-order valence-corrected chi connectivity index (χ2v) is 9.11. The molecule has 0 unspecified atom stereocenters. The number of benzene rings is 3. The Morgan fingerprint density at radius 2 is 1.62 bits per heavy atom. The summed E-state index contributed by atoms with van der Waals surface area (Å²) in [5, 5.41) is 11.3. The Kier molecular flexibility index (Phi) is 7.21. The number of ether oxygens (including phenoxy) is 1. The summed E-state index contributed by atoms with van der Waals surface area (Å²) in [6.07, 6.45) is 1.64. The van der Waals surface area contributed by atoms with E-state index in [1.165, 1.54) is 24.3 Å². The minimum atomic E-state index is -0.504. The number of halogens is 2. The quantitative estimate of drug-likeness (QED) is 0.197. The predicted octanol–water partition coefficient (Wildman–Crippen LogP) is 6.72. The van der Waals surface area contributed by atoms with Gasteiger partial charge in [-0.15, -0.1) is 0 Å². The summed E-state index contributed by atoms with van der Waals surface area (Å²) in [7, 11) is 0. The molecule has 0 N–H and O–H groups in total. The van der Waals surface area contributed by atoms with Crippen LogP contribution in [0.25, 0.3) is 6.08 Å². The van der Waals surface area contributed by atoms with Crippen molar-refractivity contribution >= 4 is 57.9 Å². The van der Waals surface area contributed by atoms with Crippen LogP contribution >= 0.6 is 35.0 Å². The highest BCUT2D eigenvalue weighted by molar-refractivity contribution is 8.18. The van der Waals surface area contributed by atoms with E-state index < -0.39 is 16.1 Å². The van der Waals surface area contributed by atoms with Crippen LogP contribution in [-0.4, -0.2) is 21.0 Å². The molecular formula is C24H16Cl2N2O5S. The molecular weight excluding hydrogens is 499 g/mol. The maximum absolute atomic E-state index is 12.7. The molecule has 10 heteroatoms. The number of nitro groups is 1. The number of amides is 2. The Hall–Kier alpha value is -3.33. The summed E-state index contributed by atoms with van der Waals surface area (Å²) in [6.45, 7) is 0.360. The predicted molar refractivity (Wildman–Crippen MR) is 132 cm³/mol. The first-order valence-corrected chi connectivity index (χ1v) is 11.5. The normalized spacial score (nSPS) is 14.6. The Balaban J connectivity index is 1.39. The Morgan fingerprint density at radius 3 is 2.26 bits per heavy atom. The van der Waals surface area contributed by atoms with Gasteiger partial charge in [-0.1, -0.05) is 53.5 Å². The molecule has 0 bridgehead atoms. The number of carbonyl (C=O) groups excluding carboxylic acids is 2. The maximum atomic E-state index is 12.7. The molecule has 0 radical (unpaired) electrons. The molecule has 1 saturated heterocycles. The largest absolute Gasteiger partial charge is 0.489 e. The molecule has 1 fully saturated rings. The van der Waals surface area contributed by atoms with Gasteiger partial charge >= 0.3 is 0 Å². The fourth-order valence-electron chi connectivity index (χ4n) is 3.15. The first kappa shape index (κ1) is 23.8. The number of hydrogen-bond donors (Lipinski definition) is 0. The van der Waals surface area contributed by atoms with Crippen molar-refractivity contribution in [1.29, 1.82) is 0 Å². The van der Waals surface area contributed by atoms with Gasteiger partial charge in [0, 0.05) is 12.1 Å².